The molecule has 0 aliphatic carbocycles. The first-order chi connectivity index (χ1) is 20.0. The molecule has 2 fully saturated rings. The van der Waals surface area contributed by atoms with Gasteiger partial charge in [-0.1, -0.05) is 97.1 Å². The van der Waals surface area contributed by atoms with Gasteiger partial charge in [0.1, 0.15) is 6.54 Å². The highest BCUT2D eigenvalue weighted by Crippen LogP contribution is 2.44. The van der Waals surface area contributed by atoms with Gasteiger partial charge in [-0.05, 0) is 35.6 Å². The molecule has 0 spiro atoms. The minimum absolute atomic E-state index is 0.00415. The number of rotatable bonds is 9. The number of piperazine rings is 1. The fourth-order valence-corrected chi connectivity index (χ4v) is 6.13. The lowest BCUT2D eigenvalue weighted by Crippen LogP contribution is -2.53. The predicted octanol–water partition coefficient (Wildman–Crippen LogP) is 3.68. The van der Waals surface area contributed by atoms with Gasteiger partial charge in [-0.15, -0.1) is 0 Å². The number of carbonyl (C=O) groups excluding carboxylic acids is 2. The van der Waals surface area contributed by atoms with Gasteiger partial charge in [-0.25, -0.2) is 0 Å². The van der Waals surface area contributed by atoms with Crippen molar-refractivity contribution in [2.45, 2.75) is 25.0 Å². The van der Waals surface area contributed by atoms with Gasteiger partial charge in [0.25, 0.3) is 0 Å². The zero-order valence-corrected chi connectivity index (χ0v) is 23.7. The fourth-order valence-electron chi connectivity index (χ4n) is 6.13. The van der Waals surface area contributed by atoms with E-state index < -0.39 is 11.6 Å². The van der Waals surface area contributed by atoms with Gasteiger partial charge in [0.05, 0.1) is 24.8 Å². The summed E-state index contributed by atoms with van der Waals surface area (Å²) in [7, 11) is 0. The minimum atomic E-state index is -0.544. The van der Waals surface area contributed by atoms with Gasteiger partial charge >= 0.3 is 5.97 Å². The number of ether oxygens (including phenoxy) is 1. The molecule has 7 nitrogen and oxygen atoms in total. The molecule has 0 radical (unpaired) electrons. The second-order valence-corrected chi connectivity index (χ2v) is 10.7. The molecule has 214 valence electrons. The van der Waals surface area contributed by atoms with Gasteiger partial charge in [-0.2, -0.15) is 0 Å². The van der Waals surface area contributed by atoms with Gasteiger partial charge in [0.15, 0.2) is 0 Å². The van der Waals surface area contributed by atoms with E-state index in [0.717, 1.165) is 12.1 Å². The smallest absolute Gasteiger partial charge is 0.325 e. The lowest BCUT2D eigenvalue weighted by atomic mass is 9.74. The third-order valence-electron chi connectivity index (χ3n) is 8.16. The first kappa shape index (κ1) is 28.7. The average Bonchev–Trinajstić information content (AvgIpc) is 3.01. The van der Waals surface area contributed by atoms with Gasteiger partial charge in [0, 0.05) is 32.7 Å². The molecule has 5 rings (SSSR count). The van der Waals surface area contributed by atoms with Crippen LogP contribution in [0.2, 0.25) is 0 Å². The van der Waals surface area contributed by atoms with Crippen molar-refractivity contribution in [2.75, 3.05) is 52.4 Å². The van der Waals surface area contributed by atoms with Crippen LogP contribution in [-0.4, -0.2) is 90.2 Å². The number of benzene rings is 3. The summed E-state index contributed by atoms with van der Waals surface area (Å²) in [5.41, 5.74) is 3.95. The van der Waals surface area contributed by atoms with Crippen LogP contribution in [-0.2, 0) is 19.9 Å². The lowest BCUT2D eigenvalue weighted by Gasteiger charge is -2.48. The van der Waals surface area contributed by atoms with Crippen molar-refractivity contribution in [3.05, 3.63) is 119 Å². The fraction of sp³-hybridized carbons (Fsp3) is 0.353. The van der Waals surface area contributed by atoms with Crippen molar-refractivity contribution in [1.82, 2.24) is 14.7 Å². The van der Waals surface area contributed by atoms with E-state index in [2.05, 4.69) is 88.7 Å². The SMILES string of the molecule is CCOC(=O)CN1CCN(C/C=C2/CN(C(c3ccccc3)(c3ccccc3)c3ccccc3)CCC2O)CC1=O. The van der Waals surface area contributed by atoms with Crippen LogP contribution < -0.4 is 0 Å². The van der Waals surface area contributed by atoms with Gasteiger partial charge in [0.2, 0.25) is 5.91 Å². The van der Waals surface area contributed by atoms with Crippen molar-refractivity contribution in [3.63, 3.8) is 0 Å². The summed E-state index contributed by atoms with van der Waals surface area (Å²) in [5, 5.41) is 11.1. The van der Waals surface area contributed by atoms with Gasteiger partial charge < -0.3 is 14.7 Å². The Morgan fingerprint density at radius 2 is 1.44 bits per heavy atom. The Bertz CT molecular complexity index is 1230. The zero-order valence-electron chi connectivity index (χ0n) is 23.7. The predicted molar refractivity (Wildman–Crippen MR) is 159 cm³/mol. The maximum Gasteiger partial charge on any atom is 0.325 e. The number of nitrogens with zero attached hydrogens (tertiary/aromatic N) is 3. The van der Waals surface area contributed by atoms with Crippen LogP contribution in [0.5, 0.6) is 0 Å². The average molecular weight is 554 g/mol. The van der Waals surface area contributed by atoms with Crippen LogP contribution in [0.1, 0.15) is 30.0 Å². The summed E-state index contributed by atoms with van der Waals surface area (Å²) in [5.74, 6) is -0.453. The summed E-state index contributed by atoms with van der Waals surface area (Å²) < 4.78 is 5.00. The molecule has 1 unspecified atom stereocenters. The summed E-state index contributed by atoms with van der Waals surface area (Å²) in [6.45, 7) is 5.33. The Balaban J connectivity index is 1.41. The molecular weight excluding hydrogens is 514 g/mol. The van der Waals surface area contributed by atoms with Crippen LogP contribution in [0, 0.1) is 0 Å². The second kappa shape index (κ2) is 13.3. The van der Waals surface area contributed by atoms with Crippen molar-refractivity contribution < 1.29 is 19.4 Å². The quantitative estimate of drug-likeness (QED) is 0.248. The number of esters is 1. The number of piperidine rings is 1. The maximum atomic E-state index is 12.7. The second-order valence-electron chi connectivity index (χ2n) is 10.7. The number of aliphatic hydroxyl groups is 1. The number of hydrogen-bond acceptors (Lipinski definition) is 6. The van der Waals surface area contributed by atoms with E-state index in [0.29, 0.717) is 39.2 Å². The Labute approximate surface area is 242 Å². The molecule has 1 atom stereocenters. The number of likely N-dealkylation sites (tertiary alicyclic amines) is 1. The number of carbonyl (C=O) groups is 2. The summed E-state index contributed by atoms with van der Waals surface area (Å²) in [4.78, 5) is 30.7. The highest BCUT2D eigenvalue weighted by molar-refractivity contribution is 5.84. The molecule has 2 aliphatic heterocycles. The largest absolute Gasteiger partial charge is 0.465 e. The Morgan fingerprint density at radius 3 is 1.95 bits per heavy atom. The van der Waals surface area contributed by atoms with E-state index in [-0.39, 0.29) is 25.0 Å². The molecule has 0 bridgehead atoms. The van der Waals surface area contributed by atoms with E-state index in [4.69, 9.17) is 4.74 Å². The van der Waals surface area contributed by atoms with Crippen LogP contribution in [0.4, 0.5) is 0 Å². The van der Waals surface area contributed by atoms with E-state index in [1.807, 2.05) is 18.2 Å². The molecule has 0 aromatic heterocycles. The standard InChI is InChI=1S/C34H39N3O4/c1-2-41-33(40)26-36-23-22-35(25-32(36)39)20-18-27-24-37(21-19-31(27)38)34(28-12-6-3-7-13-28,29-14-8-4-9-15-29)30-16-10-5-11-17-30/h3-18,31,38H,2,19-26H2,1H3/b27-18-. The minimum Gasteiger partial charge on any atom is -0.465 e. The van der Waals surface area contributed by atoms with Crippen LogP contribution in [0.3, 0.4) is 0 Å². The monoisotopic (exact) mass is 553 g/mol. The normalized spacial score (nSPS) is 19.9. The topological polar surface area (TPSA) is 73.3 Å². The summed E-state index contributed by atoms with van der Waals surface area (Å²) in [6.07, 6.45) is 2.18. The maximum absolute atomic E-state index is 12.7. The van der Waals surface area contributed by atoms with Gasteiger partial charge in [-0.3, -0.25) is 19.4 Å². The molecule has 3 aromatic carbocycles. The molecule has 2 aliphatic rings. The Hall–Kier alpha value is -3.78. The molecule has 2 heterocycles. The first-order valence-corrected chi connectivity index (χ1v) is 14.5. The van der Waals surface area contributed by atoms with Crippen molar-refractivity contribution in [1.29, 1.82) is 0 Å². The first-order valence-electron chi connectivity index (χ1n) is 14.5. The number of hydrogen-bond donors (Lipinski definition) is 1. The molecule has 0 saturated carbocycles. The molecule has 41 heavy (non-hydrogen) atoms. The highest BCUT2D eigenvalue weighted by atomic mass is 16.5. The summed E-state index contributed by atoms with van der Waals surface area (Å²) >= 11 is 0. The zero-order chi connectivity index (χ0) is 28.7. The van der Waals surface area contributed by atoms with Crippen LogP contribution in [0.25, 0.3) is 0 Å². The number of amides is 1. The van der Waals surface area contributed by atoms with E-state index >= 15 is 0 Å². The van der Waals surface area contributed by atoms with Crippen molar-refractivity contribution in [3.8, 4) is 0 Å². The number of aliphatic hydroxyl groups excluding tert-OH is 1. The van der Waals surface area contributed by atoms with Crippen molar-refractivity contribution in [2.24, 2.45) is 0 Å². The summed E-state index contributed by atoms with van der Waals surface area (Å²) in [6, 6.07) is 31.8. The van der Waals surface area contributed by atoms with Crippen LogP contribution in [0.15, 0.2) is 103 Å². The van der Waals surface area contributed by atoms with Crippen LogP contribution >= 0.6 is 0 Å². The molecular formula is C34H39N3O4. The Morgan fingerprint density at radius 1 is 0.878 bits per heavy atom. The highest BCUT2D eigenvalue weighted by Gasteiger charge is 2.44. The van der Waals surface area contributed by atoms with E-state index in [1.54, 1.807) is 11.8 Å². The molecule has 1 amide bonds. The van der Waals surface area contributed by atoms with E-state index in [1.165, 1.54) is 16.7 Å². The third-order valence-corrected chi connectivity index (χ3v) is 8.16. The van der Waals surface area contributed by atoms with Crippen molar-refractivity contribution >= 4 is 11.9 Å². The molecule has 3 aromatic rings. The van der Waals surface area contributed by atoms with E-state index in [9.17, 15) is 14.7 Å². The molecule has 2 saturated heterocycles. The molecule has 1 N–H and O–H groups in total. The lowest BCUT2D eigenvalue weighted by molar-refractivity contribution is -0.150. The third kappa shape index (κ3) is 6.27. The Kier molecular flexibility index (Phi) is 9.29. The molecule has 7 heteroatoms.